The highest BCUT2D eigenvalue weighted by Crippen LogP contribution is 2.53. The van der Waals surface area contributed by atoms with Gasteiger partial charge in [0.25, 0.3) is 11.8 Å². The summed E-state index contributed by atoms with van der Waals surface area (Å²) in [6, 6.07) is 24.7. The lowest BCUT2D eigenvalue weighted by molar-refractivity contribution is -0.0513. The van der Waals surface area contributed by atoms with Gasteiger partial charge in [-0.3, -0.25) is 9.59 Å². The van der Waals surface area contributed by atoms with Gasteiger partial charge in [-0.05, 0) is 83.6 Å². The summed E-state index contributed by atoms with van der Waals surface area (Å²) in [5, 5.41) is 0. The van der Waals surface area contributed by atoms with Gasteiger partial charge in [-0.2, -0.15) is 17.6 Å². The molecule has 4 heterocycles. The Morgan fingerprint density at radius 2 is 0.979 bits per heavy atom. The lowest BCUT2D eigenvalue weighted by atomic mass is 9.87. The molecule has 4 aromatic rings. The van der Waals surface area contributed by atoms with Crippen LogP contribution in [0.5, 0.6) is 11.5 Å². The highest BCUT2D eigenvalue weighted by Gasteiger charge is 2.48. The van der Waals surface area contributed by atoms with Crippen molar-refractivity contribution in [2.75, 3.05) is 13.1 Å². The number of para-hydroxylation sites is 2. The second-order valence-corrected chi connectivity index (χ2v) is 13.8. The molecule has 2 saturated heterocycles. The number of alkyl halides is 4. The Morgan fingerprint density at radius 3 is 1.38 bits per heavy atom. The minimum atomic E-state index is -2.87. The first kappa shape index (κ1) is 32.6. The zero-order valence-corrected chi connectivity index (χ0v) is 28.3. The van der Waals surface area contributed by atoms with Crippen molar-refractivity contribution in [3.8, 4) is 11.5 Å². The van der Waals surface area contributed by atoms with Crippen LogP contribution in [0.4, 0.5) is 17.6 Å². The van der Waals surface area contributed by atoms with Crippen LogP contribution in [0.15, 0.2) is 93.9 Å². The molecule has 0 aliphatic carbocycles. The first-order valence-corrected chi connectivity index (χ1v) is 17.0. The van der Waals surface area contributed by atoms with Gasteiger partial charge in [0.1, 0.15) is 11.5 Å². The lowest BCUT2D eigenvalue weighted by Crippen LogP contribution is -2.23. The fourth-order valence-electron chi connectivity index (χ4n) is 7.70. The number of hydrogen-bond donors (Lipinski definition) is 0. The van der Waals surface area contributed by atoms with Crippen molar-refractivity contribution in [1.29, 1.82) is 0 Å². The Kier molecular flexibility index (Phi) is 8.97. The molecule has 4 aromatic carbocycles. The van der Waals surface area contributed by atoms with Gasteiger partial charge < -0.3 is 19.3 Å². The topological polar surface area (TPSA) is 59.1 Å². The van der Waals surface area contributed by atoms with E-state index in [0.29, 0.717) is 24.2 Å². The first-order chi connectivity index (χ1) is 23.1. The van der Waals surface area contributed by atoms with Gasteiger partial charge in [0.2, 0.25) is 0 Å². The second-order valence-electron chi connectivity index (χ2n) is 12.0. The van der Waals surface area contributed by atoms with Crippen molar-refractivity contribution >= 4 is 43.7 Å². The molecule has 4 aliphatic heterocycles. The van der Waals surface area contributed by atoms with E-state index in [1.807, 2.05) is 70.5 Å². The van der Waals surface area contributed by atoms with E-state index in [-0.39, 0.29) is 47.2 Å². The summed E-state index contributed by atoms with van der Waals surface area (Å²) >= 11 is 6.90. The van der Waals surface area contributed by atoms with Crippen molar-refractivity contribution in [3.63, 3.8) is 0 Å². The van der Waals surface area contributed by atoms with E-state index in [0.717, 1.165) is 44.0 Å². The number of halogens is 6. The van der Waals surface area contributed by atoms with E-state index in [9.17, 15) is 27.2 Å². The minimum Gasteiger partial charge on any atom is -0.435 e. The van der Waals surface area contributed by atoms with Crippen LogP contribution in [0, 0.1) is 0 Å². The molecule has 0 spiro atoms. The number of fused-ring (bicyclic) bond motifs is 6. The number of amides is 2. The maximum absolute atomic E-state index is 12.7. The SMILES string of the molecule is O=C1c2ccc(Br)cc2[C@H]2[C@@H](c3ccccc3OC(F)F)CCN12.O=C1c2ccc(Br)cc2[C@H]2[C@H](c3ccccc3OC(F)F)CCN12. The summed E-state index contributed by atoms with van der Waals surface area (Å²) in [6.07, 6.45) is 1.46. The van der Waals surface area contributed by atoms with Crippen LogP contribution in [-0.4, -0.2) is 47.9 Å². The number of nitrogens with zero attached hydrogens (tertiary/aromatic N) is 2. The fourth-order valence-corrected chi connectivity index (χ4v) is 8.45. The molecular weight excluding hydrogens is 760 g/mol. The maximum Gasteiger partial charge on any atom is 0.387 e. The van der Waals surface area contributed by atoms with Crippen molar-refractivity contribution < 1.29 is 36.6 Å². The molecule has 48 heavy (non-hydrogen) atoms. The van der Waals surface area contributed by atoms with Crippen molar-refractivity contribution in [2.24, 2.45) is 0 Å². The first-order valence-electron chi connectivity index (χ1n) is 15.4. The summed E-state index contributed by atoms with van der Waals surface area (Å²) in [4.78, 5) is 28.8. The van der Waals surface area contributed by atoms with E-state index >= 15 is 0 Å². The minimum absolute atomic E-state index is 0.0114. The van der Waals surface area contributed by atoms with Crippen LogP contribution in [0.3, 0.4) is 0 Å². The Balaban J connectivity index is 0.000000152. The van der Waals surface area contributed by atoms with Gasteiger partial charge in [0.15, 0.2) is 0 Å². The average molecular weight is 788 g/mol. The highest BCUT2D eigenvalue weighted by molar-refractivity contribution is 9.10. The Bertz CT molecular complexity index is 1760. The van der Waals surface area contributed by atoms with Crippen molar-refractivity contribution in [1.82, 2.24) is 9.80 Å². The van der Waals surface area contributed by atoms with E-state index < -0.39 is 13.2 Å². The average Bonchev–Trinajstić information content (AvgIpc) is 3.80. The number of hydrogen-bond acceptors (Lipinski definition) is 4. The van der Waals surface area contributed by atoms with Crippen molar-refractivity contribution in [2.45, 2.75) is 50.0 Å². The van der Waals surface area contributed by atoms with Crippen LogP contribution in [0.25, 0.3) is 0 Å². The molecule has 6 nitrogen and oxygen atoms in total. The number of benzene rings is 4. The monoisotopic (exact) mass is 786 g/mol. The summed E-state index contributed by atoms with van der Waals surface area (Å²) in [7, 11) is 0. The Labute approximate surface area is 290 Å². The molecule has 0 saturated carbocycles. The molecule has 8 rings (SSSR count). The third-order valence-electron chi connectivity index (χ3n) is 9.51. The smallest absolute Gasteiger partial charge is 0.387 e. The zero-order valence-electron chi connectivity index (χ0n) is 25.2. The molecule has 0 unspecified atom stereocenters. The van der Waals surface area contributed by atoms with Gasteiger partial charge in [-0.25, -0.2) is 0 Å². The van der Waals surface area contributed by atoms with Crippen LogP contribution >= 0.6 is 31.9 Å². The van der Waals surface area contributed by atoms with Crippen LogP contribution in [0.2, 0.25) is 0 Å². The molecular formula is C36H28Br2F4N2O4. The molecule has 248 valence electrons. The fraction of sp³-hybridized carbons (Fsp3) is 0.278. The zero-order chi connectivity index (χ0) is 33.7. The van der Waals surface area contributed by atoms with E-state index in [1.165, 1.54) is 0 Å². The van der Waals surface area contributed by atoms with Crippen LogP contribution < -0.4 is 9.47 Å². The number of ether oxygens (including phenoxy) is 2. The molecule has 4 atom stereocenters. The number of carbonyl (C=O) groups excluding carboxylic acids is 2. The van der Waals surface area contributed by atoms with Crippen molar-refractivity contribution in [3.05, 3.63) is 127 Å². The van der Waals surface area contributed by atoms with Gasteiger partial charge >= 0.3 is 13.2 Å². The maximum atomic E-state index is 12.7. The molecule has 2 fully saturated rings. The predicted molar refractivity (Wildman–Crippen MR) is 177 cm³/mol. The lowest BCUT2D eigenvalue weighted by Gasteiger charge is -2.23. The van der Waals surface area contributed by atoms with Gasteiger partial charge in [0, 0.05) is 45.0 Å². The molecule has 12 heteroatoms. The van der Waals surface area contributed by atoms with Gasteiger partial charge in [0.05, 0.1) is 12.1 Å². The Hall–Kier alpha value is -3.90. The standard InChI is InChI=1S/2C18H14BrF2NO2/c2*19-10-5-6-13-14(9-10)16-12(7-8-22(16)17(13)23)11-3-1-2-4-15(11)24-18(20)21/h2*1-6,9,12,16,18H,7-8H2/t12-,16+;12-,16-/m01/s1. The molecule has 0 radical (unpaired) electrons. The molecule has 4 aliphatic rings. The summed E-state index contributed by atoms with van der Waals surface area (Å²) < 4.78 is 62.1. The predicted octanol–water partition coefficient (Wildman–Crippen LogP) is 9.47. The normalized spacial score (nSPS) is 22.0. The summed E-state index contributed by atoms with van der Waals surface area (Å²) in [5.41, 5.74) is 4.74. The molecule has 0 N–H and O–H groups in total. The molecule has 0 aromatic heterocycles. The number of carbonyl (C=O) groups is 2. The summed E-state index contributed by atoms with van der Waals surface area (Å²) in [6.45, 7) is -4.50. The van der Waals surface area contributed by atoms with E-state index in [1.54, 1.807) is 24.3 Å². The van der Waals surface area contributed by atoms with Crippen LogP contribution in [0.1, 0.15) is 79.7 Å². The highest BCUT2D eigenvalue weighted by atomic mass is 79.9. The largest absolute Gasteiger partial charge is 0.435 e. The summed E-state index contributed by atoms with van der Waals surface area (Å²) in [5.74, 6) is 0.291. The molecule has 2 amide bonds. The third-order valence-corrected chi connectivity index (χ3v) is 10.5. The van der Waals surface area contributed by atoms with E-state index in [4.69, 9.17) is 9.47 Å². The quantitative estimate of drug-likeness (QED) is 0.183. The van der Waals surface area contributed by atoms with E-state index in [2.05, 4.69) is 31.9 Å². The van der Waals surface area contributed by atoms with Crippen LogP contribution in [-0.2, 0) is 0 Å². The molecule has 0 bridgehead atoms. The second kappa shape index (κ2) is 13.2. The number of rotatable bonds is 6. The van der Waals surface area contributed by atoms with Gasteiger partial charge in [-0.1, -0.05) is 68.3 Å². The third kappa shape index (κ3) is 5.87. The van der Waals surface area contributed by atoms with Gasteiger partial charge in [-0.15, -0.1) is 0 Å². The Morgan fingerprint density at radius 1 is 0.583 bits per heavy atom.